The predicted octanol–water partition coefficient (Wildman–Crippen LogP) is 5.64. The van der Waals surface area contributed by atoms with E-state index in [0.29, 0.717) is 17.0 Å². The van der Waals surface area contributed by atoms with Crippen molar-refractivity contribution in [3.63, 3.8) is 0 Å². The zero-order valence-corrected chi connectivity index (χ0v) is 12.6. The maximum atomic E-state index is 13.2. The Morgan fingerprint density at radius 2 is 1.84 bits per heavy atom. The van der Waals surface area contributed by atoms with E-state index in [-0.39, 0.29) is 5.82 Å². The van der Waals surface area contributed by atoms with Crippen molar-refractivity contribution in [2.45, 2.75) is 25.1 Å². The van der Waals surface area contributed by atoms with Crippen LogP contribution in [0.1, 0.15) is 30.9 Å². The maximum absolute atomic E-state index is 13.2. The highest BCUT2D eigenvalue weighted by Gasteiger charge is 2.10. The summed E-state index contributed by atoms with van der Waals surface area (Å²) in [5, 5.41) is 0.559. The van der Waals surface area contributed by atoms with Crippen LogP contribution in [0.25, 0.3) is 0 Å². The lowest BCUT2D eigenvalue weighted by Gasteiger charge is -2.15. The van der Waals surface area contributed by atoms with Gasteiger partial charge in [-0.05, 0) is 35.7 Å². The molecule has 0 fully saturated rings. The lowest BCUT2D eigenvalue weighted by atomic mass is 10.0. The quantitative estimate of drug-likeness (QED) is 0.662. The predicted molar refractivity (Wildman–Crippen MR) is 79.6 cm³/mol. The first-order valence-corrected chi connectivity index (χ1v) is 7.35. The number of hydrogen-bond donors (Lipinski definition) is 0. The minimum atomic E-state index is -0.251. The molecule has 0 unspecified atom stereocenters. The number of alkyl halides is 1. The number of para-hydroxylation sites is 1. The Morgan fingerprint density at radius 1 is 1.11 bits per heavy atom. The van der Waals surface area contributed by atoms with Gasteiger partial charge in [-0.15, -0.1) is 0 Å². The molecule has 2 aromatic carbocycles. The van der Waals surface area contributed by atoms with Crippen LogP contribution in [0.15, 0.2) is 42.5 Å². The van der Waals surface area contributed by atoms with E-state index < -0.39 is 0 Å². The van der Waals surface area contributed by atoms with Crippen LogP contribution >= 0.6 is 15.9 Å². The lowest BCUT2D eigenvalue weighted by Crippen LogP contribution is -1.96. The van der Waals surface area contributed by atoms with Gasteiger partial charge in [0, 0.05) is 10.9 Å². The Bertz CT molecular complexity index is 566. The molecule has 100 valence electrons. The second-order valence-electron chi connectivity index (χ2n) is 4.68. The summed E-state index contributed by atoms with van der Waals surface area (Å²) in [6.45, 7) is 4.25. The summed E-state index contributed by atoms with van der Waals surface area (Å²) in [7, 11) is 0. The normalized spacial score (nSPS) is 10.8. The van der Waals surface area contributed by atoms with Gasteiger partial charge in [0.25, 0.3) is 0 Å². The standard InChI is InChI=1S/C16H16BrFO/c1-11(2)14-5-3-4-6-16(14)19-15-8-7-13(18)9-12(15)10-17/h3-9,11H,10H2,1-2H3. The molecule has 2 aromatic rings. The number of hydrogen-bond acceptors (Lipinski definition) is 1. The van der Waals surface area contributed by atoms with E-state index in [9.17, 15) is 4.39 Å². The van der Waals surface area contributed by atoms with Gasteiger partial charge in [-0.3, -0.25) is 0 Å². The van der Waals surface area contributed by atoms with Crippen LogP contribution < -0.4 is 4.74 Å². The van der Waals surface area contributed by atoms with Gasteiger partial charge in [-0.25, -0.2) is 4.39 Å². The van der Waals surface area contributed by atoms with Crippen LogP contribution in [-0.2, 0) is 5.33 Å². The first-order valence-electron chi connectivity index (χ1n) is 6.23. The van der Waals surface area contributed by atoms with Crippen LogP contribution in [0.2, 0.25) is 0 Å². The van der Waals surface area contributed by atoms with Crippen LogP contribution in [0, 0.1) is 5.82 Å². The van der Waals surface area contributed by atoms with E-state index in [1.54, 1.807) is 6.07 Å². The number of rotatable bonds is 4. The fourth-order valence-electron chi connectivity index (χ4n) is 1.92. The fraction of sp³-hybridized carbons (Fsp3) is 0.250. The molecule has 0 heterocycles. The smallest absolute Gasteiger partial charge is 0.131 e. The molecule has 0 amide bonds. The Labute approximate surface area is 121 Å². The summed E-state index contributed by atoms with van der Waals surface area (Å²) in [5.74, 6) is 1.64. The van der Waals surface area contributed by atoms with Gasteiger partial charge in [-0.2, -0.15) is 0 Å². The van der Waals surface area contributed by atoms with Crippen LogP contribution in [-0.4, -0.2) is 0 Å². The SMILES string of the molecule is CC(C)c1ccccc1Oc1ccc(F)cc1CBr. The van der Waals surface area contributed by atoms with Gasteiger partial charge < -0.3 is 4.74 Å². The average Bonchev–Trinajstić information content (AvgIpc) is 2.41. The summed E-state index contributed by atoms with van der Waals surface area (Å²) in [5.41, 5.74) is 1.95. The summed E-state index contributed by atoms with van der Waals surface area (Å²) >= 11 is 3.36. The molecule has 0 bridgehead atoms. The van der Waals surface area contributed by atoms with Crippen LogP contribution in [0.3, 0.4) is 0 Å². The molecule has 0 radical (unpaired) electrons. The Hall–Kier alpha value is -1.35. The monoisotopic (exact) mass is 322 g/mol. The highest BCUT2D eigenvalue weighted by Crippen LogP contribution is 2.32. The summed E-state index contributed by atoms with van der Waals surface area (Å²) in [6, 6.07) is 12.5. The molecule has 0 atom stereocenters. The highest BCUT2D eigenvalue weighted by molar-refractivity contribution is 9.08. The maximum Gasteiger partial charge on any atom is 0.131 e. The van der Waals surface area contributed by atoms with E-state index in [0.717, 1.165) is 16.9 Å². The third-order valence-corrected chi connectivity index (χ3v) is 3.53. The second-order valence-corrected chi connectivity index (χ2v) is 5.24. The number of benzene rings is 2. The first-order chi connectivity index (χ1) is 9.11. The zero-order valence-electron chi connectivity index (χ0n) is 11.0. The van der Waals surface area contributed by atoms with E-state index in [1.165, 1.54) is 12.1 Å². The Balaban J connectivity index is 2.36. The van der Waals surface area contributed by atoms with Gasteiger partial charge in [0.2, 0.25) is 0 Å². The van der Waals surface area contributed by atoms with Crippen LogP contribution in [0.5, 0.6) is 11.5 Å². The molecule has 0 spiro atoms. The molecule has 0 aliphatic heterocycles. The number of ether oxygens (including phenoxy) is 1. The topological polar surface area (TPSA) is 9.23 Å². The van der Waals surface area contributed by atoms with Gasteiger partial charge in [-0.1, -0.05) is 48.0 Å². The Morgan fingerprint density at radius 3 is 2.53 bits per heavy atom. The van der Waals surface area contributed by atoms with E-state index >= 15 is 0 Å². The van der Waals surface area contributed by atoms with Gasteiger partial charge in [0.15, 0.2) is 0 Å². The van der Waals surface area contributed by atoms with Crippen molar-refractivity contribution in [3.8, 4) is 11.5 Å². The van der Waals surface area contributed by atoms with Crippen molar-refractivity contribution in [2.24, 2.45) is 0 Å². The molecule has 0 aromatic heterocycles. The molecule has 0 aliphatic carbocycles. The second kappa shape index (κ2) is 6.20. The lowest BCUT2D eigenvalue weighted by molar-refractivity contribution is 0.467. The van der Waals surface area contributed by atoms with Crippen molar-refractivity contribution in [2.75, 3.05) is 0 Å². The largest absolute Gasteiger partial charge is 0.457 e. The number of halogens is 2. The van der Waals surface area contributed by atoms with Crippen molar-refractivity contribution < 1.29 is 9.13 Å². The summed E-state index contributed by atoms with van der Waals surface area (Å²) in [4.78, 5) is 0. The van der Waals surface area contributed by atoms with E-state index in [4.69, 9.17) is 4.74 Å². The molecule has 3 heteroatoms. The molecule has 0 N–H and O–H groups in total. The van der Waals surface area contributed by atoms with Crippen molar-refractivity contribution in [1.29, 1.82) is 0 Å². The molecule has 0 saturated carbocycles. The third-order valence-electron chi connectivity index (χ3n) is 2.93. The fourth-order valence-corrected chi connectivity index (χ4v) is 2.36. The molecule has 1 nitrogen and oxygen atoms in total. The minimum absolute atomic E-state index is 0.251. The van der Waals surface area contributed by atoms with E-state index in [1.807, 2.05) is 18.2 Å². The van der Waals surface area contributed by atoms with Gasteiger partial charge in [0.05, 0.1) is 0 Å². The van der Waals surface area contributed by atoms with Gasteiger partial charge >= 0.3 is 0 Å². The van der Waals surface area contributed by atoms with Crippen LogP contribution in [0.4, 0.5) is 4.39 Å². The average molecular weight is 323 g/mol. The van der Waals surface area contributed by atoms with Crippen molar-refractivity contribution in [3.05, 3.63) is 59.4 Å². The highest BCUT2D eigenvalue weighted by atomic mass is 79.9. The van der Waals surface area contributed by atoms with Crippen molar-refractivity contribution in [1.82, 2.24) is 0 Å². The molecular weight excluding hydrogens is 307 g/mol. The molecule has 19 heavy (non-hydrogen) atoms. The summed E-state index contributed by atoms with van der Waals surface area (Å²) < 4.78 is 19.2. The summed E-state index contributed by atoms with van der Waals surface area (Å²) in [6.07, 6.45) is 0. The van der Waals surface area contributed by atoms with E-state index in [2.05, 4.69) is 35.8 Å². The van der Waals surface area contributed by atoms with Crippen molar-refractivity contribution >= 4 is 15.9 Å². The third kappa shape index (κ3) is 3.35. The molecule has 2 rings (SSSR count). The molecule has 0 aliphatic rings. The zero-order chi connectivity index (χ0) is 13.8. The first kappa shape index (κ1) is 14.1. The molecular formula is C16H16BrFO. The Kier molecular flexibility index (Phi) is 4.59. The molecule has 0 saturated heterocycles. The minimum Gasteiger partial charge on any atom is -0.457 e. The van der Waals surface area contributed by atoms with Gasteiger partial charge in [0.1, 0.15) is 17.3 Å².